The van der Waals surface area contributed by atoms with E-state index in [1.807, 2.05) is 36.4 Å². The molecule has 30 heavy (non-hydrogen) atoms. The fourth-order valence-corrected chi connectivity index (χ4v) is 3.66. The molecule has 0 atom stereocenters. The number of aromatic nitrogens is 2. The molecule has 1 aromatic heterocycles. The molecule has 1 saturated heterocycles. The van der Waals surface area contributed by atoms with Crippen molar-refractivity contribution in [1.82, 2.24) is 14.9 Å². The molecule has 1 fully saturated rings. The summed E-state index contributed by atoms with van der Waals surface area (Å²) in [5, 5.41) is 16.1. The average molecular weight is 469 g/mol. The number of nitrogens with zero attached hydrogens (tertiary/aromatic N) is 4. The monoisotopic (exact) mass is 468 g/mol. The van der Waals surface area contributed by atoms with Crippen LogP contribution in [-0.2, 0) is 6.61 Å². The quantitative estimate of drug-likeness (QED) is 0.505. The van der Waals surface area contributed by atoms with E-state index < -0.39 is 0 Å². The third kappa shape index (κ3) is 4.89. The van der Waals surface area contributed by atoms with Crippen LogP contribution in [0.25, 0.3) is 0 Å². The zero-order valence-electron chi connectivity index (χ0n) is 16.8. The van der Waals surface area contributed by atoms with Gasteiger partial charge in [0, 0.05) is 55.0 Å². The third-order valence-electron chi connectivity index (χ3n) is 5.18. The van der Waals surface area contributed by atoms with E-state index in [0.29, 0.717) is 11.8 Å². The molecule has 0 spiro atoms. The van der Waals surface area contributed by atoms with Crippen molar-refractivity contribution in [1.29, 1.82) is 0 Å². The maximum absolute atomic E-state index is 9.54. The molecule has 0 bridgehead atoms. The van der Waals surface area contributed by atoms with Crippen molar-refractivity contribution in [3.05, 3.63) is 64.8 Å². The zero-order valence-corrected chi connectivity index (χ0v) is 18.4. The second-order valence-electron chi connectivity index (χ2n) is 7.29. The van der Waals surface area contributed by atoms with Gasteiger partial charge in [-0.3, -0.25) is 0 Å². The summed E-state index contributed by atoms with van der Waals surface area (Å²) in [6.45, 7) is 4.22. The fourth-order valence-electron chi connectivity index (χ4n) is 3.37. The first-order valence-electron chi connectivity index (χ1n) is 9.91. The summed E-state index contributed by atoms with van der Waals surface area (Å²) in [5.74, 6) is 1.12. The molecule has 1 aliphatic rings. The number of benzene rings is 2. The van der Waals surface area contributed by atoms with Crippen molar-refractivity contribution in [2.24, 2.45) is 0 Å². The van der Waals surface area contributed by atoms with Gasteiger partial charge < -0.3 is 25.5 Å². The highest BCUT2D eigenvalue weighted by Crippen LogP contribution is 2.27. The third-order valence-corrected chi connectivity index (χ3v) is 5.76. The number of hydrogen-bond acceptors (Lipinski definition) is 7. The second kappa shape index (κ2) is 9.42. The van der Waals surface area contributed by atoms with Crippen molar-refractivity contribution < 1.29 is 5.11 Å². The largest absolute Gasteiger partial charge is 0.392 e. The Labute approximate surface area is 184 Å². The Morgan fingerprint density at radius 3 is 2.47 bits per heavy atom. The van der Waals surface area contributed by atoms with Crippen LogP contribution >= 0.6 is 15.9 Å². The van der Waals surface area contributed by atoms with Gasteiger partial charge in [0.25, 0.3) is 0 Å². The van der Waals surface area contributed by atoms with Crippen LogP contribution in [0, 0.1) is 0 Å². The Balaban J connectivity index is 1.46. The van der Waals surface area contributed by atoms with Crippen LogP contribution in [0.5, 0.6) is 0 Å². The molecule has 1 aliphatic heterocycles. The number of aliphatic hydroxyl groups excluding tert-OH is 1. The average Bonchev–Trinajstić information content (AvgIpc) is 2.77. The smallest absolute Gasteiger partial charge is 0.229 e. The van der Waals surface area contributed by atoms with Crippen LogP contribution < -0.4 is 15.5 Å². The number of anilines is 5. The minimum Gasteiger partial charge on any atom is -0.392 e. The number of hydrogen-bond donors (Lipinski definition) is 3. The Morgan fingerprint density at radius 1 is 1.00 bits per heavy atom. The van der Waals surface area contributed by atoms with Gasteiger partial charge in [-0.25, -0.2) is 4.98 Å². The van der Waals surface area contributed by atoms with Gasteiger partial charge in [-0.1, -0.05) is 18.2 Å². The zero-order chi connectivity index (χ0) is 20.9. The molecule has 0 unspecified atom stereocenters. The first-order chi connectivity index (χ1) is 14.6. The van der Waals surface area contributed by atoms with E-state index in [0.717, 1.165) is 47.6 Å². The molecule has 2 heterocycles. The van der Waals surface area contributed by atoms with Gasteiger partial charge in [-0.15, -0.1) is 0 Å². The molecule has 0 radical (unpaired) electrons. The Bertz CT molecular complexity index is 989. The van der Waals surface area contributed by atoms with E-state index in [2.05, 4.69) is 65.5 Å². The minimum atomic E-state index is -0.0450. The standard InChI is InChI=1S/C22H25BrN6O/c1-28-10-12-29(13-11-28)18-8-6-17(7-9-18)25-22-24-14-19(23)21(27-22)26-20-5-3-2-4-16(20)15-30/h2-9,14,30H,10-13,15H2,1H3,(H2,24,25,26,27). The number of nitrogens with one attached hydrogen (secondary N) is 2. The highest BCUT2D eigenvalue weighted by atomic mass is 79.9. The lowest BCUT2D eigenvalue weighted by molar-refractivity contribution is 0.282. The molecule has 3 N–H and O–H groups in total. The molecule has 4 rings (SSSR count). The number of piperazine rings is 1. The van der Waals surface area contributed by atoms with Gasteiger partial charge in [0.15, 0.2) is 0 Å². The van der Waals surface area contributed by atoms with Gasteiger partial charge in [0.2, 0.25) is 5.95 Å². The Morgan fingerprint density at radius 2 is 1.73 bits per heavy atom. The Kier molecular flexibility index (Phi) is 6.47. The van der Waals surface area contributed by atoms with Crippen LogP contribution in [0.3, 0.4) is 0 Å². The summed E-state index contributed by atoms with van der Waals surface area (Å²) in [6.07, 6.45) is 1.71. The topological polar surface area (TPSA) is 76.5 Å². The van der Waals surface area contributed by atoms with Crippen molar-refractivity contribution in [3.63, 3.8) is 0 Å². The highest BCUT2D eigenvalue weighted by molar-refractivity contribution is 9.10. The molecule has 0 aliphatic carbocycles. The molecule has 0 amide bonds. The number of aliphatic hydroxyl groups is 1. The van der Waals surface area contributed by atoms with E-state index >= 15 is 0 Å². The number of para-hydroxylation sites is 1. The molecule has 3 aromatic rings. The van der Waals surface area contributed by atoms with Crippen LogP contribution in [0.2, 0.25) is 0 Å². The Hall–Kier alpha value is -2.68. The van der Waals surface area contributed by atoms with Crippen molar-refractivity contribution in [3.8, 4) is 0 Å². The molecule has 7 nitrogen and oxygen atoms in total. The van der Waals surface area contributed by atoms with Gasteiger partial charge in [-0.05, 0) is 53.3 Å². The van der Waals surface area contributed by atoms with E-state index in [-0.39, 0.29) is 6.61 Å². The van der Waals surface area contributed by atoms with Crippen LogP contribution in [-0.4, -0.2) is 53.2 Å². The summed E-state index contributed by atoms with van der Waals surface area (Å²) >= 11 is 3.49. The highest BCUT2D eigenvalue weighted by Gasteiger charge is 2.14. The first-order valence-corrected chi connectivity index (χ1v) is 10.7. The lowest BCUT2D eigenvalue weighted by atomic mass is 10.2. The number of likely N-dealkylation sites (N-methyl/N-ethyl adjacent to an activating group) is 1. The van der Waals surface area contributed by atoms with Gasteiger partial charge in [0.05, 0.1) is 11.1 Å². The van der Waals surface area contributed by atoms with E-state index in [9.17, 15) is 5.11 Å². The van der Waals surface area contributed by atoms with Crippen molar-refractivity contribution in [2.75, 3.05) is 48.8 Å². The summed E-state index contributed by atoms with van der Waals surface area (Å²) < 4.78 is 0.742. The molecule has 8 heteroatoms. The number of rotatable bonds is 6. The van der Waals surface area contributed by atoms with Gasteiger partial charge in [0.1, 0.15) is 5.82 Å². The minimum absolute atomic E-state index is 0.0450. The first kappa shape index (κ1) is 20.6. The van der Waals surface area contributed by atoms with Crippen molar-refractivity contribution >= 4 is 44.8 Å². The molecule has 0 saturated carbocycles. The van der Waals surface area contributed by atoms with Crippen LogP contribution in [0.1, 0.15) is 5.56 Å². The summed E-state index contributed by atoms with van der Waals surface area (Å²) in [6, 6.07) is 15.9. The van der Waals surface area contributed by atoms with Crippen LogP contribution in [0.4, 0.5) is 28.8 Å². The lowest BCUT2D eigenvalue weighted by Crippen LogP contribution is -2.44. The molecule has 156 valence electrons. The van der Waals surface area contributed by atoms with Gasteiger partial charge in [-0.2, -0.15) is 4.98 Å². The summed E-state index contributed by atoms with van der Waals surface area (Å²) in [7, 11) is 2.16. The fraction of sp³-hybridized carbons (Fsp3) is 0.273. The molecular weight excluding hydrogens is 444 g/mol. The molecular formula is C22H25BrN6O. The van der Waals surface area contributed by atoms with Crippen molar-refractivity contribution in [2.45, 2.75) is 6.61 Å². The van der Waals surface area contributed by atoms with E-state index in [4.69, 9.17) is 0 Å². The lowest BCUT2D eigenvalue weighted by Gasteiger charge is -2.34. The SMILES string of the molecule is CN1CCN(c2ccc(Nc3ncc(Br)c(Nc4ccccc4CO)n3)cc2)CC1. The summed E-state index contributed by atoms with van der Waals surface area (Å²) in [5.41, 5.74) is 3.77. The number of halogens is 1. The van der Waals surface area contributed by atoms with E-state index in [1.54, 1.807) is 6.20 Å². The normalized spacial score (nSPS) is 14.6. The predicted octanol–water partition coefficient (Wildman–Crippen LogP) is 3.97. The predicted molar refractivity (Wildman–Crippen MR) is 125 cm³/mol. The van der Waals surface area contributed by atoms with Gasteiger partial charge >= 0.3 is 0 Å². The maximum Gasteiger partial charge on any atom is 0.229 e. The summed E-state index contributed by atoms with van der Waals surface area (Å²) in [4.78, 5) is 13.7. The van der Waals surface area contributed by atoms with Crippen LogP contribution in [0.15, 0.2) is 59.2 Å². The second-order valence-corrected chi connectivity index (χ2v) is 8.15. The molecule has 2 aromatic carbocycles. The maximum atomic E-state index is 9.54. The van der Waals surface area contributed by atoms with E-state index in [1.165, 1.54) is 5.69 Å².